The van der Waals surface area contributed by atoms with Gasteiger partial charge in [0.25, 0.3) is 0 Å². The van der Waals surface area contributed by atoms with Gasteiger partial charge < -0.3 is 31.3 Å². The molecule has 6 N–H and O–H groups in total. The van der Waals surface area contributed by atoms with Gasteiger partial charge in [-0.05, 0) is 36.1 Å². The van der Waals surface area contributed by atoms with E-state index in [2.05, 4.69) is 10.6 Å². The lowest BCUT2D eigenvalue weighted by atomic mass is 9.96. The fourth-order valence-electron chi connectivity index (χ4n) is 3.45. The van der Waals surface area contributed by atoms with Crippen molar-refractivity contribution < 1.29 is 29.3 Å². The number of nitrogens with two attached hydrogens (primary N) is 1. The van der Waals surface area contributed by atoms with Crippen molar-refractivity contribution in [2.24, 2.45) is 11.7 Å². The van der Waals surface area contributed by atoms with Crippen molar-refractivity contribution in [3.63, 3.8) is 0 Å². The molecule has 0 spiro atoms. The first kappa shape index (κ1) is 28.8. The van der Waals surface area contributed by atoms with Crippen LogP contribution in [0.15, 0.2) is 54.6 Å². The standard InChI is InChI=1S/C27H37N3O6/c1-3-27(17-31,18-32)30-26(35)23(29-24(33)14-9-19(2)25(28)34)15-20-10-12-22(13-11-20)36-16-21-7-5-4-6-8-21/h4-8,10-13,19,23,31-32H,3,9,14-18H2,1-2H3,(H2,28,34)(H,29,33)(H,30,35). The van der Waals surface area contributed by atoms with E-state index < -0.39 is 48.4 Å². The summed E-state index contributed by atoms with van der Waals surface area (Å²) in [5.41, 5.74) is 5.89. The van der Waals surface area contributed by atoms with Crippen LogP contribution in [-0.2, 0) is 27.4 Å². The number of nitrogens with one attached hydrogen (secondary N) is 2. The van der Waals surface area contributed by atoms with Crippen LogP contribution in [0.5, 0.6) is 5.75 Å². The summed E-state index contributed by atoms with van der Waals surface area (Å²) >= 11 is 0. The molecule has 2 aromatic rings. The maximum atomic E-state index is 13.1. The Bertz CT molecular complexity index is 968. The molecular formula is C27H37N3O6. The van der Waals surface area contributed by atoms with E-state index in [1.54, 1.807) is 26.0 Å². The fraction of sp³-hybridized carbons (Fsp3) is 0.444. The van der Waals surface area contributed by atoms with E-state index in [4.69, 9.17) is 10.5 Å². The van der Waals surface area contributed by atoms with Crippen molar-refractivity contribution >= 4 is 17.7 Å². The molecule has 0 saturated carbocycles. The summed E-state index contributed by atoms with van der Waals surface area (Å²) in [5, 5.41) is 24.8. The molecule has 2 aromatic carbocycles. The minimum Gasteiger partial charge on any atom is -0.489 e. The molecule has 0 heterocycles. The smallest absolute Gasteiger partial charge is 0.243 e. The minimum atomic E-state index is -1.20. The first-order chi connectivity index (χ1) is 17.2. The summed E-state index contributed by atoms with van der Waals surface area (Å²) in [5.74, 6) is -1.23. The van der Waals surface area contributed by atoms with Gasteiger partial charge in [-0.15, -0.1) is 0 Å². The van der Waals surface area contributed by atoms with E-state index in [0.717, 1.165) is 11.1 Å². The lowest BCUT2D eigenvalue weighted by molar-refractivity contribution is -0.131. The Hall–Kier alpha value is -3.43. The second-order valence-electron chi connectivity index (χ2n) is 9.02. The lowest BCUT2D eigenvalue weighted by Gasteiger charge is -2.32. The second kappa shape index (κ2) is 14.2. The molecular weight excluding hydrogens is 462 g/mol. The van der Waals surface area contributed by atoms with Crippen molar-refractivity contribution in [1.29, 1.82) is 0 Å². The quantitative estimate of drug-likeness (QED) is 0.250. The highest BCUT2D eigenvalue weighted by atomic mass is 16.5. The Labute approximate surface area is 212 Å². The van der Waals surface area contributed by atoms with Crippen LogP contribution in [0, 0.1) is 5.92 Å². The molecule has 2 rings (SSSR count). The zero-order valence-electron chi connectivity index (χ0n) is 20.9. The van der Waals surface area contributed by atoms with Crippen molar-refractivity contribution in [2.45, 2.75) is 57.7 Å². The van der Waals surface area contributed by atoms with Crippen molar-refractivity contribution in [3.05, 3.63) is 65.7 Å². The van der Waals surface area contributed by atoms with Gasteiger partial charge in [0.2, 0.25) is 17.7 Å². The number of ether oxygens (including phenoxy) is 1. The highest BCUT2D eigenvalue weighted by molar-refractivity contribution is 5.88. The number of aliphatic hydroxyl groups excluding tert-OH is 2. The summed E-state index contributed by atoms with van der Waals surface area (Å²) in [6.07, 6.45) is 0.767. The Balaban J connectivity index is 2.09. The predicted octanol–water partition coefficient (Wildman–Crippen LogP) is 1.44. The number of amides is 3. The number of carbonyl (C=O) groups is 3. The summed E-state index contributed by atoms with van der Waals surface area (Å²) in [6, 6.07) is 16.0. The van der Waals surface area contributed by atoms with Crippen LogP contribution in [0.2, 0.25) is 0 Å². The number of hydrogen-bond acceptors (Lipinski definition) is 6. The average Bonchev–Trinajstić information content (AvgIpc) is 2.90. The summed E-state index contributed by atoms with van der Waals surface area (Å²) in [7, 11) is 0. The molecule has 0 bridgehead atoms. The highest BCUT2D eigenvalue weighted by Crippen LogP contribution is 2.17. The van der Waals surface area contributed by atoms with Crippen LogP contribution >= 0.6 is 0 Å². The van der Waals surface area contributed by atoms with E-state index in [9.17, 15) is 24.6 Å². The van der Waals surface area contributed by atoms with Crippen LogP contribution < -0.4 is 21.1 Å². The summed E-state index contributed by atoms with van der Waals surface area (Å²) in [4.78, 5) is 36.9. The Morgan fingerprint density at radius 2 is 1.64 bits per heavy atom. The normalized spacial score (nSPS) is 12.9. The molecule has 3 amide bonds. The molecule has 9 nitrogen and oxygen atoms in total. The maximum Gasteiger partial charge on any atom is 0.243 e. The van der Waals surface area contributed by atoms with Crippen LogP contribution in [0.1, 0.15) is 44.2 Å². The van der Waals surface area contributed by atoms with Gasteiger partial charge in [-0.2, -0.15) is 0 Å². The van der Waals surface area contributed by atoms with Gasteiger partial charge in [0, 0.05) is 18.8 Å². The van der Waals surface area contributed by atoms with Crippen molar-refractivity contribution in [3.8, 4) is 5.75 Å². The number of primary amides is 1. The average molecular weight is 500 g/mol. The molecule has 2 atom stereocenters. The Morgan fingerprint density at radius 1 is 1.00 bits per heavy atom. The Morgan fingerprint density at radius 3 is 2.19 bits per heavy atom. The second-order valence-corrected chi connectivity index (χ2v) is 9.02. The zero-order chi connectivity index (χ0) is 26.6. The fourth-order valence-corrected chi connectivity index (χ4v) is 3.45. The molecule has 0 aliphatic rings. The SMILES string of the molecule is CCC(CO)(CO)NC(=O)C(Cc1ccc(OCc2ccccc2)cc1)NC(=O)CCC(C)C(N)=O. The molecule has 0 aliphatic carbocycles. The van der Waals surface area contributed by atoms with Gasteiger partial charge >= 0.3 is 0 Å². The highest BCUT2D eigenvalue weighted by Gasteiger charge is 2.32. The molecule has 36 heavy (non-hydrogen) atoms. The molecule has 0 fully saturated rings. The van der Waals surface area contributed by atoms with Gasteiger partial charge in [-0.25, -0.2) is 0 Å². The molecule has 0 aromatic heterocycles. The topological polar surface area (TPSA) is 151 Å². The maximum absolute atomic E-state index is 13.1. The number of aliphatic hydroxyl groups is 2. The Kier molecular flexibility index (Phi) is 11.4. The monoisotopic (exact) mass is 499 g/mol. The van der Waals surface area contributed by atoms with E-state index in [1.165, 1.54) is 0 Å². The van der Waals surface area contributed by atoms with Crippen molar-refractivity contribution in [2.75, 3.05) is 13.2 Å². The third-order valence-corrected chi connectivity index (χ3v) is 6.22. The van der Waals surface area contributed by atoms with E-state index in [1.807, 2.05) is 42.5 Å². The van der Waals surface area contributed by atoms with Gasteiger partial charge in [-0.3, -0.25) is 14.4 Å². The zero-order valence-corrected chi connectivity index (χ0v) is 20.9. The van der Waals surface area contributed by atoms with Crippen molar-refractivity contribution in [1.82, 2.24) is 10.6 Å². The molecule has 0 aliphatic heterocycles. The summed E-state index contributed by atoms with van der Waals surface area (Å²) in [6.45, 7) is 2.90. The lowest BCUT2D eigenvalue weighted by Crippen LogP contribution is -2.59. The van der Waals surface area contributed by atoms with Gasteiger partial charge in [0.15, 0.2) is 0 Å². The van der Waals surface area contributed by atoms with Crippen LogP contribution in [0.3, 0.4) is 0 Å². The molecule has 2 unspecified atom stereocenters. The number of carbonyl (C=O) groups excluding carboxylic acids is 3. The molecule has 9 heteroatoms. The summed E-state index contributed by atoms with van der Waals surface area (Å²) < 4.78 is 5.80. The third-order valence-electron chi connectivity index (χ3n) is 6.22. The predicted molar refractivity (Wildman–Crippen MR) is 136 cm³/mol. The molecule has 0 radical (unpaired) electrons. The van der Waals surface area contributed by atoms with Crippen LogP contribution in [0.25, 0.3) is 0 Å². The van der Waals surface area contributed by atoms with E-state index in [0.29, 0.717) is 18.8 Å². The van der Waals surface area contributed by atoms with Crippen LogP contribution in [-0.4, -0.2) is 52.7 Å². The van der Waals surface area contributed by atoms with Gasteiger partial charge in [0.1, 0.15) is 18.4 Å². The largest absolute Gasteiger partial charge is 0.489 e. The first-order valence-electron chi connectivity index (χ1n) is 12.1. The molecule has 0 saturated heterocycles. The first-order valence-corrected chi connectivity index (χ1v) is 12.1. The number of hydrogen-bond donors (Lipinski definition) is 5. The van der Waals surface area contributed by atoms with Gasteiger partial charge in [-0.1, -0.05) is 56.3 Å². The third kappa shape index (κ3) is 8.98. The number of benzene rings is 2. The van der Waals surface area contributed by atoms with E-state index in [-0.39, 0.29) is 19.3 Å². The minimum absolute atomic E-state index is 0.0269. The van der Waals surface area contributed by atoms with E-state index >= 15 is 0 Å². The van der Waals surface area contributed by atoms with Crippen LogP contribution in [0.4, 0.5) is 0 Å². The van der Waals surface area contributed by atoms with Gasteiger partial charge in [0.05, 0.1) is 18.8 Å². The molecule has 196 valence electrons. The number of rotatable bonds is 15.